The summed E-state index contributed by atoms with van der Waals surface area (Å²) in [5, 5.41) is 0. The van der Waals surface area contributed by atoms with Crippen molar-refractivity contribution in [1.29, 1.82) is 0 Å². The van der Waals surface area contributed by atoms with Crippen LogP contribution in [0.2, 0.25) is 0 Å². The molecule has 1 aliphatic heterocycles. The van der Waals surface area contributed by atoms with E-state index < -0.39 is 0 Å². The topological polar surface area (TPSA) is 29.3 Å². The molecule has 2 nitrogen and oxygen atoms in total. The van der Waals surface area contributed by atoms with Crippen molar-refractivity contribution in [3.05, 3.63) is 0 Å². The van der Waals surface area contributed by atoms with Crippen molar-refractivity contribution in [2.45, 2.75) is 27.2 Å². The molecule has 1 unspecified atom stereocenters. The number of likely N-dealkylation sites (tertiary alicyclic amines) is 1. The second-order valence-corrected chi connectivity index (χ2v) is 2.78. The summed E-state index contributed by atoms with van der Waals surface area (Å²) in [6.07, 6.45) is 1.31. The molecule has 0 aromatic carbocycles. The monoisotopic (exact) mass is 158 g/mol. The van der Waals surface area contributed by atoms with Crippen LogP contribution in [0.4, 0.5) is 0 Å². The Kier molecular flexibility index (Phi) is 6.57. The molecule has 1 rings (SSSR count). The van der Waals surface area contributed by atoms with Crippen LogP contribution in [0.25, 0.3) is 0 Å². The number of nitrogens with two attached hydrogens (primary N) is 1. The van der Waals surface area contributed by atoms with Gasteiger partial charge in [-0.1, -0.05) is 20.8 Å². The molecule has 0 radical (unpaired) electrons. The molecule has 2 heteroatoms. The fourth-order valence-corrected chi connectivity index (χ4v) is 1.39. The summed E-state index contributed by atoms with van der Waals surface area (Å²) in [7, 11) is 0. The highest BCUT2D eigenvalue weighted by Gasteiger charge is 2.18. The number of nitrogens with zero attached hydrogens (tertiary/aromatic N) is 1. The lowest BCUT2D eigenvalue weighted by Gasteiger charge is -2.10. The van der Waals surface area contributed by atoms with Gasteiger partial charge in [-0.15, -0.1) is 0 Å². The molecule has 0 aromatic rings. The van der Waals surface area contributed by atoms with E-state index in [0.717, 1.165) is 12.5 Å². The molecule has 0 spiro atoms. The summed E-state index contributed by atoms with van der Waals surface area (Å²) >= 11 is 0. The molecule has 1 fully saturated rings. The highest BCUT2D eigenvalue weighted by molar-refractivity contribution is 4.74. The third-order valence-corrected chi connectivity index (χ3v) is 2.15. The third kappa shape index (κ3) is 3.73. The summed E-state index contributed by atoms with van der Waals surface area (Å²) in [6.45, 7) is 10.8. The molecule has 1 saturated heterocycles. The molecule has 0 aromatic heterocycles. The Morgan fingerprint density at radius 2 is 2.09 bits per heavy atom. The van der Waals surface area contributed by atoms with Gasteiger partial charge in [-0.2, -0.15) is 0 Å². The van der Waals surface area contributed by atoms with Gasteiger partial charge in [-0.3, -0.25) is 0 Å². The van der Waals surface area contributed by atoms with Crippen molar-refractivity contribution < 1.29 is 0 Å². The minimum Gasteiger partial charge on any atom is -0.330 e. The summed E-state index contributed by atoms with van der Waals surface area (Å²) in [4.78, 5) is 2.46. The van der Waals surface area contributed by atoms with E-state index >= 15 is 0 Å². The largest absolute Gasteiger partial charge is 0.330 e. The molecule has 11 heavy (non-hydrogen) atoms. The van der Waals surface area contributed by atoms with E-state index in [1.165, 1.54) is 26.1 Å². The third-order valence-electron chi connectivity index (χ3n) is 2.15. The van der Waals surface area contributed by atoms with Gasteiger partial charge in [0.2, 0.25) is 0 Å². The lowest BCUT2D eigenvalue weighted by Crippen LogP contribution is -2.22. The van der Waals surface area contributed by atoms with E-state index in [-0.39, 0.29) is 0 Å². The van der Waals surface area contributed by atoms with Gasteiger partial charge in [0.05, 0.1) is 0 Å². The quantitative estimate of drug-likeness (QED) is 0.656. The number of rotatable bonds is 2. The van der Waals surface area contributed by atoms with Crippen molar-refractivity contribution in [2.75, 3.05) is 26.2 Å². The van der Waals surface area contributed by atoms with Gasteiger partial charge in [-0.05, 0) is 32.0 Å². The molecule has 0 amide bonds. The van der Waals surface area contributed by atoms with Crippen LogP contribution < -0.4 is 5.73 Å². The van der Waals surface area contributed by atoms with Crippen LogP contribution in [-0.2, 0) is 0 Å². The zero-order valence-corrected chi connectivity index (χ0v) is 8.14. The van der Waals surface area contributed by atoms with Crippen LogP contribution in [0.3, 0.4) is 0 Å². The Bertz CT molecular complexity index is 73.6. The Balaban J connectivity index is 0.000000461. The lowest BCUT2D eigenvalue weighted by atomic mass is 10.1. The van der Waals surface area contributed by atoms with Gasteiger partial charge >= 0.3 is 0 Å². The average molecular weight is 158 g/mol. The van der Waals surface area contributed by atoms with Gasteiger partial charge in [0.25, 0.3) is 0 Å². The fourth-order valence-electron chi connectivity index (χ4n) is 1.39. The second-order valence-electron chi connectivity index (χ2n) is 2.78. The van der Waals surface area contributed by atoms with E-state index in [9.17, 15) is 0 Å². The molecule has 68 valence electrons. The van der Waals surface area contributed by atoms with Crippen LogP contribution in [0.5, 0.6) is 0 Å². The van der Waals surface area contributed by atoms with Gasteiger partial charge in [0.15, 0.2) is 0 Å². The van der Waals surface area contributed by atoms with Crippen molar-refractivity contribution in [2.24, 2.45) is 11.7 Å². The molecule has 2 N–H and O–H groups in total. The molecule has 1 aliphatic rings. The van der Waals surface area contributed by atoms with E-state index in [1.807, 2.05) is 13.8 Å². The van der Waals surface area contributed by atoms with Gasteiger partial charge in [-0.25, -0.2) is 0 Å². The smallest absolute Gasteiger partial charge is 0.00221 e. The molecule has 1 atom stereocenters. The van der Waals surface area contributed by atoms with Gasteiger partial charge in [0.1, 0.15) is 0 Å². The Labute approximate surface area is 70.8 Å². The fraction of sp³-hybridized carbons (Fsp3) is 1.00. The first-order valence-corrected chi connectivity index (χ1v) is 4.79. The van der Waals surface area contributed by atoms with E-state index in [4.69, 9.17) is 5.73 Å². The van der Waals surface area contributed by atoms with E-state index in [0.29, 0.717) is 0 Å². The summed E-state index contributed by atoms with van der Waals surface area (Å²) in [6, 6.07) is 0. The first-order chi connectivity index (χ1) is 5.36. The minimum absolute atomic E-state index is 0.782. The minimum atomic E-state index is 0.782. The van der Waals surface area contributed by atoms with Crippen molar-refractivity contribution >= 4 is 0 Å². The normalized spacial score (nSPS) is 24.5. The summed E-state index contributed by atoms with van der Waals surface area (Å²) in [5.41, 5.74) is 5.52. The molecule has 0 saturated carbocycles. The zero-order chi connectivity index (χ0) is 8.69. The molecular formula is C9H22N2. The predicted molar refractivity (Wildman–Crippen MR) is 50.6 cm³/mol. The predicted octanol–water partition coefficient (Wildman–Crippen LogP) is 1.31. The van der Waals surface area contributed by atoms with Crippen LogP contribution in [-0.4, -0.2) is 31.1 Å². The number of hydrogen-bond donors (Lipinski definition) is 1. The van der Waals surface area contributed by atoms with Crippen molar-refractivity contribution in [3.8, 4) is 0 Å². The molecule has 0 aliphatic carbocycles. The van der Waals surface area contributed by atoms with Crippen LogP contribution in [0, 0.1) is 5.92 Å². The standard InChI is InChI=1S/C7H16N2.C2H6/c1-2-9-4-3-7(5-8)6-9;1-2/h7H,2-6,8H2,1H3;1-2H3. The molecule has 0 bridgehead atoms. The summed E-state index contributed by atoms with van der Waals surface area (Å²) in [5.74, 6) is 0.782. The van der Waals surface area contributed by atoms with Crippen LogP contribution in [0.15, 0.2) is 0 Å². The van der Waals surface area contributed by atoms with Crippen molar-refractivity contribution in [3.63, 3.8) is 0 Å². The first-order valence-electron chi connectivity index (χ1n) is 4.79. The Morgan fingerprint density at radius 3 is 2.36 bits per heavy atom. The van der Waals surface area contributed by atoms with E-state index in [2.05, 4.69) is 11.8 Å². The summed E-state index contributed by atoms with van der Waals surface area (Å²) < 4.78 is 0. The lowest BCUT2D eigenvalue weighted by molar-refractivity contribution is 0.343. The van der Waals surface area contributed by atoms with Gasteiger partial charge < -0.3 is 10.6 Å². The maximum atomic E-state index is 5.52. The SMILES string of the molecule is CC.CCN1CCC(CN)C1. The van der Waals surface area contributed by atoms with Crippen molar-refractivity contribution in [1.82, 2.24) is 4.90 Å². The molecule has 1 heterocycles. The average Bonchev–Trinajstić information content (AvgIpc) is 2.55. The Hall–Kier alpha value is -0.0800. The number of hydrogen-bond acceptors (Lipinski definition) is 2. The van der Waals surface area contributed by atoms with E-state index in [1.54, 1.807) is 0 Å². The highest BCUT2D eigenvalue weighted by Crippen LogP contribution is 2.13. The van der Waals surface area contributed by atoms with Gasteiger partial charge in [0, 0.05) is 6.54 Å². The zero-order valence-electron chi connectivity index (χ0n) is 8.14. The first kappa shape index (κ1) is 10.9. The second kappa shape index (κ2) is 6.62. The maximum Gasteiger partial charge on any atom is 0.00221 e. The van der Waals surface area contributed by atoms with Crippen LogP contribution in [0.1, 0.15) is 27.2 Å². The molecular weight excluding hydrogens is 136 g/mol. The highest BCUT2D eigenvalue weighted by atomic mass is 15.1. The van der Waals surface area contributed by atoms with Crippen LogP contribution >= 0.6 is 0 Å². The maximum absolute atomic E-state index is 5.52. The Morgan fingerprint density at radius 1 is 1.45 bits per heavy atom.